The first-order chi connectivity index (χ1) is 8.49. The van der Waals surface area contributed by atoms with Gasteiger partial charge in [-0.2, -0.15) is 5.26 Å². The number of nitrogens with zero attached hydrogens (tertiary/aromatic N) is 2. The third kappa shape index (κ3) is 3.21. The molecule has 98 valence electrons. The maximum atomic E-state index is 13.8. The first-order valence-electron chi connectivity index (χ1n) is 6.09. The predicted molar refractivity (Wildman–Crippen MR) is 69.7 cm³/mol. The Kier molecular flexibility index (Phi) is 5.11. The molecule has 0 amide bonds. The van der Waals surface area contributed by atoms with Crippen LogP contribution in [0.25, 0.3) is 0 Å². The number of aliphatic hydroxyl groups excluding tert-OH is 1. The van der Waals surface area contributed by atoms with Crippen molar-refractivity contribution in [1.82, 2.24) is 0 Å². The normalized spacial score (nSPS) is 12.3. The van der Waals surface area contributed by atoms with Gasteiger partial charge in [-0.1, -0.05) is 6.07 Å². The van der Waals surface area contributed by atoms with Gasteiger partial charge >= 0.3 is 0 Å². The molecule has 1 rings (SSSR count). The number of aliphatic hydroxyl groups is 1. The molecular weight excluding hydrogens is 231 g/mol. The molecule has 0 spiro atoms. The van der Waals surface area contributed by atoms with Crippen molar-refractivity contribution in [1.29, 1.82) is 5.26 Å². The van der Waals surface area contributed by atoms with Crippen LogP contribution >= 0.6 is 0 Å². The van der Waals surface area contributed by atoms with E-state index in [0.29, 0.717) is 24.2 Å². The van der Waals surface area contributed by atoms with Gasteiger partial charge in [-0.15, -0.1) is 0 Å². The average molecular weight is 250 g/mol. The second-order valence-electron chi connectivity index (χ2n) is 4.54. The van der Waals surface area contributed by atoms with Crippen molar-refractivity contribution in [3.8, 4) is 6.07 Å². The summed E-state index contributed by atoms with van der Waals surface area (Å²) in [6.45, 7) is 6.03. The minimum absolute atomic E-state index is 0.137. The maximum Gasteiger partial charge on any atom is 0.131 e. The number of hydrogen-bond acceptors (Lipinski definition) is 3. The zero-order chi connectivity index (χ0) is 13.7. The molecule has 3 nitrogen and oxygen atoms in total. The number of nitriles is 1. The SMILES string of the molecule is CC(C)N(CCC#N)c1cccc(F)c1[C@H](C)O. The number of rotatable bonds is 5. The second kappa shape index (κ2) is 6.36. The predicted octanol–water partition coefficient (Wildman–Crippen LogP) is 3.01. The minimum atomic E-state index is -0.871. The monoisotopic (exact) mass is 250 g/mol. The van der Waals surface area contributed by atoms with Gasteiger partial charge < -0.3 is 10.0 Å². The van der Waals surface area contributed by atoms with E-state index in [4.69, 9.17) is 5.26 Å². The van der Waals surface area contributed by atoms with Crippen LogP contribution in [0.15, 0.2) is 18.2 Å². The lowest BCUT2D eigenvalue weighted by Gasteiger charge is -2.31. The summed E-state index contributed by atoms with van der Waals surface area (Å²) in [7, 11) is 0. The highest BCUT2D eigenvalue weighted by Gasteiger charge is 2.19. The van der Waals surface area contributed by atoms with Crippen molar-refractivity contribution in [3.63, 3.8) is 0 Å². The zero-order valence-electron chi connectivity index (χ0n) is 11.0. The fraction of sp³-hybridized carbons (Fsp3) is 0.500. The molecule has 0 fully saturated rings. The van der Waals surface area contributed by atoms with Crippen LogP contribution < -0.4 is 4.90 Å². The Bertz CT molecular complexity index is 438. The van der Waals surface area contributed by atoms with E-state index in [1.807, 2.05) is 18.7 Å². The van der Waals surface area contributed by atoms with E-state index < -0.39 is 11.9 Å². The molecule has 0 radical (unpaired) electrons. The van der Waals surface area contributed by atoms with E-state index in [9.17, 15) is 9.50 Å². The summed E-state index contributed by atoms with van der Waals surface area (Å²) in [5, 5.41) is 18.4. The summed E-state index contributed by atoms with van der Waals surface area (Å²) in [5.41, 5.74) is 0.958. The van der Waals surface area contributed by atoms with Crippen molar-refractivity contribution >= 4 is 5.69 Å². The quantitative estimate of drug-likeness (QED) is 0.873. The van der Waals surface area contributed by atoms with Gasteiger partial charge in [-0.05, 0) is 32.9 Å². The first-order valence-corrected chi connectivity index (χ1v) is 6.09. The highest BCUT2D eigenvalue weighted by atomic mass is 19.1. The third-order valence-corrected chi connectivity index (χ3v) is 2.84. The molecule has 0 aliphatic carbocycles. The van der Waals surface area contributed by atoms with Gasteiger partial charge in [0.1, 0.15) is 5.82 Å². The molecule has 0 saturated carbocycles. The largest absolute Gasteiger partial charge is 0.389 e. The van der Waals surface area contributed by atoms with Crippen molar-refractivity contribution in [2.24, 2.45) is 0 Å². The Labute approximate surface area is 107 Å². The summed E-state index contributed by atoms with van der Waals surface area (Å²) >= 11 is 0. The smallest absolute Gasteiger partial charge is 0.131 e. The molecule has 1 N–H and O–H groups in total. The van der Waals surface area contributed by atoms with Crippen LogP contribution in [0.5, 0.6) is 0 Å². The fourth-order valence-electron chi connectivity index (χ4n) is 2.02. The highest BCUT2D eigenvalue weighted by Crippen LogP contribution is 2.30. The minimum Gasteiger partial charge on any atom is -0.389 e. The third-order valence-electron chi connectivity index (χ3n) is 2.84. The van der Waals surface area contributed by atoms with Gasteiger partial charge in [0, 0.05) is 23.8 Å². The number of anilines is 1. The maximum absolute atomic E-state index is 13.8. The van der Waals surface area contributed by atoms with Crippen molar-refractivity contribution in [3.05, 3.63) is 29.6 Å². The summed E-state index contributed by atoms with van der Waals surface area (Å²) in [5.74, 6) is -0.412. The van der Waals surface area contributed by atoms with Gasteiger partial charge in [-0.3, -0.25) is 0 Å². The van der Waals surface area contributed by atoms with Gasteiger partial charge in [0.2, 0.25) is 0 Å². The Hall–Kier alpha value is -1.60. The van der Waals surface area contributed by atoms with E-state index in [-0.39, 0.29) is 6.04 Å². The molecule has 4 heteroatoms. The Morgan fingerprint density at radius 2 is 2.06 bits per heavy atom. The Balaban J connectivity index is 3.19. The van der Waals surface area contributed by atoms with Crippen LogP contribution in [0.4, 0.5) is 10.1 Å². The van der Waals surface area contributed by atoms with Crippen molar-refractivity contribution in [2.75, 3.05) is 11.4 Å². The van der Waals surface area contributed by atoms with Gasteiger partial charge in [-0.25, -0.2) is 4.39 Å². The van der Waals surface area contributed by atoms with Gasteiger partial charge in [0.15, 0.2) is 0 Å². The molecule has 0 aliphatic rings. The van der Waals surface area contributed by atoms with Crippen LogP contribution in [0.1, 0.15) is 38.9 Å². The van der Waals surface area contributed by atoms with Crippen molar-refractivity contribution < 1.29 is 9.50 Å². The van der Waals surface area contributed by atoms with Crippen LogP contribution in [0.2, 0.25) is 0 Å². The van der Waals surface area contributed by atoms with Crippen LogP contribution in [0, 0.1) is 17.1 Å². The average Bonchev–Trinajstić information content (AvgIpc) is 2.28. The van der Waals surface area contributed by atoms with Crippen LogP contribution in [-0.2, 0) is 0 Å². The van der Waals surface area contributed by atoms with Crippen LogP contribution in [-0.4, -0.2) is 17.7 Å². The molecule has 0 unspecified atom stereocenters. The molecular formula is C14H19FN2O. The lowest BCUT2D eigenvalue weighted by molar-refractivity contribution is 0.194. The van der Waals surface area contributed by atoms with E-state index in [0.717, 1.165) is 0 Å². The Morgan fingerprint density at radius 3 is 2.56 bits per heavy atom. The summed E-state index contributed by atoms with van der Waals surface area (Å²) < 4.78 is 13.8. The van der Waals surface area contributed by atoms with E-state index in [1.54, 1.807) is 19.1 Å². The molecule has 0 saturated heterocycles. The first kappa shape index (κ1) is 14.5. The summed E-state index contributed by atoms with van der Waals surface area (Å²) in [4.78, 5) is 1.94. The molecule has 0 aliphatic heterocycles. The molecule has 0 bridgehead atoms. The molecule has 18 heavy (non-hydrogen) atoms. The fourth-order valence-corrected chi connectivity index (χ4v) is 2.02. The summed E-state index contributed by atoms with van der Waals surface area (Å²) in [6, 6.07) is 6.97. The van der Waals surface area contributed by atoms with Gasteiger partial charge in [0.05, 0.1) is 18.6 Å². The number of benzene rings is 1. The molecule has 0 heterocycles. The molecule has 0 aromatic heterocycles. The Morgan fingerprint density at radius 1 is 1.39 bits per heavy atom. The van der Waals surface area contributed by atoms with E-state index in [1.165, 1.54) is 6.07 Å². The standard InChI is InChI=1S/C14H19FN2O/c1-10(2)17(9-5-8-16)13-7-4-6-12(15)14(13)11(3)18/h4,6-7,10-11,18H,5,9H2,1-3H3/t11-/m0/s1. The molecule has 1 atom stereocenters. The number of hydrogen-bond donors (Lipinski definition) is 1. The second-order valence-corrected chi connectivity index (χ2v) is 4.54. The van der Waals surface area contributed by atoms with E-state index in [2.05, 4.69) is 6.07 Å². The lowest BCUT2D eigenvalue weighted by Crippen LogP contribution is -2.32. The lowest BCUT2D eigenvalue weighted by atomic mass is 10.0. The summed E-state index contributed by atoms with van der Waals surface area (Å²) in [6.07, 6.45) is -0.502. The van der Waals surface area contributed by atoms with Gasteiger partial charge in [0.25, 0.3) is 0 Å². The zero-order valence-corrected chi connectivity index (χ0v) is 11.0. The molecule has 1 aromatic rings. The number of halogens is 1. The topological polar surface area (TPSA) is 47.3 Å². The van der Waals surface area contributed by atoms with Crippen LogP contribution in [0.3, 0.4) is 0 Å². The molecule has 1 aromatic carbocycles. The van der Waals surface area contributed by atoms with Crippen molar-refractivity contribution in [2.45, 2.75) is 39.3 Å². The van der Waals surface area contributed by atoms with E-state index >= 15 is 0 Å². The highest BCUT2D eigenvalue weighted by molar-refractivity contribution is 5.55.